The molecule has 6 heteroatoms. The molecule has 0 bridgehead atoms. The molecule has 3 rings (SSSR count). The van der Waals surface area contributed by atoms with Crippen molar-refractivity contribution in [3.8, 4) is 5.75 Å². The standard InChI is InChI=1S/C25H37ClN2O3/c1-3-4-9-23(29)28-15-8-12-25(18-28,17-24(30)27-13-6-5-7-14-27)19-31-21-10-11-22(26)20(2)16-21/h10-11,16H,3-9,12-15,17-19H2,1-2H3. The van der Waals surface area contributed by atoms with E-state index in [4.69, 9.17) is 16.3 Å². The minimum atomic E-state index is -0.345. The number of carbonyl (C=O) groups excluding carboxylic acids is 2. The first-order valence-electron chi connectivity index (χ1n) is 11.9. The summed E-state index contributed by atoms with van der Waals surface area (Å²) in [6.45, 7) is 7.58. The number of halogens is 1. The average Bonchev–Trinajstić information content (AvgIpc) is 2.79. The Morgan fingerprint density at radius 1 is 1.06 bits per heavy atom. The Morgan fingerprint density at radius 3 is 2.52 bits per heavy atom. The largest absolute Gasteiger partial charge is 0.493 e. The third-order valence-corrected chi connectivity index (χ3v) is 7.09. The van der Waals surface area contributed by atoms with Crippen molar-refractivity contribution in [1.82, 2.24) is 9.80 Å². The molecule has 1 atom stereocenters. The van der Waals surface area contributed by atoms with Gasteiger partial charge in [0.2, 0.25) is 11.8 Å². The highest BCUT2D eigenvalue weighted by Gasteiger charge is 2.40. The number of hydrogen-bond acceptors (Lipinski definition) is 3. The Morgan fingerprint density at radius 2 is 1.81 bits per heavy atom. The van der Waals surface area contributed by atoms with Crippen molar-refractivity contribution in [3.05, 3.63) is 28.8 Å². The van der Waals surface area contributed by atoms with Crippen molar-refractivity contribution in [2.45, 2.75) is 71.6 Å². The topological polar surface area (TPSA) is 49.9 Å². The summed E-state index contributed by atoms with van der Waals surface area (Å²) in [5.74, 6) is 1.18. The van der Waals surface area contributed by atoms with Crippen molar-refractivity contribution in [2.24, 2.45) is 5.41 Å². The van der Waals surface area contributed by atoms with E-state index in [1.165, 1.54) is 6.42 Å². The van der Waals surface area contributed by atoms with E-state index >= 15 is 0 Å². The van der Waals surface area contributed by atoms with Gasteiger partial charge in [-0.3, -0.25) is 9.59 Å². The minimum absolute atomic E-state index is 0.207. The molecule has 2 aliphatic rings. The van der Waals surface area contributed by atoms with E-state index in [-0.39, 0.29) is 17.2 Å². The number of rotatable bonds is 8. The van der Waals surface area contributed by atoms with Crippen LogP contribution >= 0.6 is 11.6 Å². The fourth-order valence-electron chi connectivity index (χ4n) is 4.74. The molecule has 1 aromatic carbocycles. The molecule has 1 unspecified atom stereocenters. The third kappa shape index (κ3) is 6.61. The second-order valence-corrected chi connectivity index (χ2v) is 9.75. The van der Waals surface area contributed by atoms with Crippen molar-refractivity contribution in [3.63, 3.8) is 0 Å². The molecule has 2 amide bonds. The van der Waals surface area contributed by atoms with Gasteiger partial charge < -0.3 is 14.5 Å². The lowest BCUT2D eigenvalue weighted by molar-refractivity contribution is -0.142. The highest BCUT2D eigenvalue weighted by atomic mass is 35.5. The average molecular weight is 449 g/mol. The van der Waals surface area contributed by atoms with Crippen LogP contribution < -0.4 is 4.74 Å². The summed E-state index contributed by atoms with van der Waals surface area (Å²) < 4.78 is 6.21. The zero-order valence-electron chi connectivity index (χ0n) is 19.1. The normalized spacial score (nSPS) is 21.8. The highest BCUT2D eigenvalue weighted by Crippen LogP contribution is 2.36. The van der Waals surface area contributed by atoms with Gasteiger partial charge in [-0.15, -0.1) is 0 Å². The minimum Gasteiger partial charge on any atom is -0.493 e. The van der Waals surface area contributed by atoms with Gasteiger partial charge in [-0.05, 0) is 69.2 Å². The number of carbonyl (C=O) groups is 2. The van der Waals surface area contributed by atoms with E-state index in [1.807, 2.05) is 34.9 Å². The molecule has 0 saturated carbocycles. The number of ether oxygens (including phenoxy) is 1. The molecule has 2 saturated heterocycles. The summed E-state index contributed by atoms with van der Waals surface area (Å²) in [6.07, 6.45) is 8.13. The number of aryl methyl sites for hydroxylation is 1. The Balaban J connectivity index is 1.74. The zero-order chi connectivity index (χ0) is 22.3. The Hall–Kier alpha value is -1.75. The van der Waals surface area contributed by atoms with E-state index in [0.29, 0.717) is 31.0 Å². The first-order valence-corrected chi connectivity index (χ1v) is 12.2. The monoisotopic (exact) mass is 448 g/mol. The van der Waals surface area contributed by atoms with Gasteiger partial charge in [-0.25, -0.2) is 0 Å². The first kappa shape index (κ1) is 23.9. The van der Waals surface area contributed by atoms with Crippen LogP contribution in [0, 0.1) is 12.3 Å². The molecule has 1 aromatic rings. The number of piperidine rings is 2. The molecule has 0 aliphatic carbocycles. The fraction of sp³-hybridized carbons (Fsp3) is 0.680. The fourth-order valence-corrected chi connectivity index (χ4v) is 4.86. The lowest BCUT2D eigenvalue weighted by atomic mass is 9.77. The molecule has 2 fully saturated rings. The third-order valence-electron chi connectivity index (χ3n) is 6.67. The maximum Gasteiger partial charge on any atom is 0.223 e. The van der Waals surface area contributed by atoms with Gasteiger partial charge in [0.25, 0.3) is 0 Å². The quantitative estimate of drug-likeness (QED) is 0.547. The van der Waals surface area contributed by atoms with Crippen LogP contribution in [0.3, 0.4) is 0 Å². The number of amides is 2. The summed E-state index contributed by atoms with van der Waals surface area (Å²) in [6, 6.07) is 5.66. The molecule has 2 aliphatic heterocycles. The molecule has 0 spiro atoms. The molecule has 0 N–H and O–H groups in total. The summed E-state index contributed by atoms with van der Waals surface area (Å²) in [5.41, 5.74) is 0.625. The van der Waals surface area contributed by atoms with Crippen LogP contribution in [0.25, 0.3) is 0 Å². The van der Waals surface area contributed by atoms with Crippen LogP contribution in [0.2, 0.25) is 5.02 Å². The van der Waals surface area contributed by atoms with Crippen LogP contribution in [0.15, 0.2) is 18.2 Å². The molecule has 0 aromatic heterocycles. The van der Waals surface area contributed by atoms with Crippen molar-refractivity contribution < 1.29 is 14.3 Å². The van der Waals surface area contributed by atoms with E-state index in [0.717, 1.165) is 69.5 Å². The van der Waals surface area contributed by atoms with Gasteiger partial charge in [0.15, 0.2) is 0 Å². The lowest BCUT2D eigenvalue weighted by Gasteiger charge is -2.43. The van der Waals surface area contributed by atoms with Crippen LogP contribution in [0.4, 0.5) is 0 Å². The molecular weight excluding hydrogens is 412 g/mol. The summed E-state index contributed by atoms with van der Waals surface area (Å²) >= 11 is 6.16. The Kier molecular flexibility index (Phi) is 8.65. The van der Waals surface area contributed by atoms with Crippen LogP contribution in [0.1, 0.15) is 70.3 Å². The van der Waals surface area contributed by atoms with Gasteiger partial charge >= 0.3 is 0 Å². The SMILES string of the molecule is CCCCC(=O)N1CCCC(COc2ccc(Cl)c(C)c2)(CC(=O)N2CCCCC2)C1. The van der Waals surface area contributed by atoms with Crippen molar-refractivity contribution in [2.75, 3.05) is 32.8 Å². The number of unbranched alkanes of at least 4 members (excludes halogenated alkanes) is 1. The summed E-state index contributed by atoms with van der Waals surface area (Å²) in [7, 11) is 0. The van der Waals surface area contributed by atoms with Gasteiger partial charge in [0.1, 0.15) is 5.75 Å². The molecule has 2 heterocycles. The maximum atomic E-state index is 13.2. The van der Waals surface area contributed by atoms with E-state index in [2.05, 4.69) is 6.92 Å². The maximum absolute atomic E-state index is 13.2. The first-order chi connectivity index (χ1) is 14.9. The zero-order valence-corrected chi connectivity index (χ0v) is 19.9. The number of nitrogens with zero attached hydrogens (tertiary/aromatic N) is 2. The van der Waals surface area contributed by atoms with Crippen LogP contribution in [0.5, 0.6) is 5.75 Å². The van der Waals surface area contributed by atoms with Crippen molar-refractivity contribution >= 4 is 23.4 Å². The second kappa shape index (κ2) is 11.2. The summed E-state index contributed by atoms with van der Waals surface area (Å²) in [5, 5.41) is 0.715. The van der Waals surface area contributed by atoms with Gasteiger partial charge in [-0.1, -0.05) is 24.9 Å². The Labute approximate surface area is 192 Å². The van der Waals surface area contributed by atoms with Crippen LogP contribution in [-0.4, -0.2) is 54.4 Å². The predicted octanol–water partition coefficient (Wildman–Crippen LogP) is 5.23. The van der Waals surface area contributed by atoms with E-state index < -0.39 is 0 Å². The Bertz CT molecular complexity index is 763. The second-order valence-electron chi connectivity index (χ2n) is 9.34. The molecular formula is C25H37ClN2O3. The van der Waals surface area contributed by atoms with Gasteiger partial charge in [0.05, 0.1) is 6.61 Å². The number of likely N-dealkylation sites (tertiary alicyclic amines) is 2. The van der Waals surface area contributed by atoms with E-state index in [9.17, 15) is 9.59 Å². The molecule has 0 radical (unpaired) electrons. The molecule has 31 heavy (non-hydrogen) atoms. The highest BCUT2D eigenvalue weighted by molar-refractivity contribution is 6.31. The van der Waals surface area contributed by atoms with Gasteiger partial charge in [-0.2, -0.15) is 0 Å². The van der Waals surface area contributed by atoms with Crippen LogP contribution in [-0.2, 0) is 9.59 Å². The van der Waals surface area contributed by atoms with E-state index in [1.54, 1.807) is 0 Å². The molecule has 5 nitrogen and oxygen atoms in total. The predicted molar refractivity (Wildman–Crippen MR) is 125 cm³/mol. The smallest absolute Gasteiger partial charge is 0.223 e. The van der Waals surface area contributed by atoms with Crippen molar-refractivity contribution in [1.29, 1.82) is 0 Å². The summed E-state index contributed by atoms with van der Waals surface area (Å²) in [4.78, 5) is 29.9. The lowest BCUT2D eigenvalue weighted by Crippen LogP contribution is -2.51. The molecule has 172 valence electrons. The number of hydrogen-bond donors (Lipinski definition) is 0. The van der Waals surface area contributed by atoms with Gasteiger partial charge in [0, 0.05) is 49.5 Å². The number of benzene rings is 1.